The lowest BCUT2D eigenvalue weighted by Crippen LogP contribution is -2.38. The first kappa shape index (κ1) is 11.6. The standard InChI is InChI=1S/C13H15N3SSi/c1-18(2,3)13-8-16(15-14-13)11-9-17-12-7-5-4-6-10(11)12/h4-9H,1-3H3. The number of hydrogen-bond acceptors (Lipinski definition) is 3. The lowest BCUT2D eigenvalue weighted by atomic mass is 10.2. The van der Waals surface area contributed by atoms with E-state index >= 15 is 0 Å². The first-order valence-electron chi connectivity index (χ1n) is 5.95. The Morgan fingerprint density at radius 2 is 1.94 bits per heavy atom. The van der Waals surface area contributed by atoms with Gasteiger partial charge in [-0.05, 0) is 6.07 Å². The summed E-state index contributed by atoms with van der Waals surface area (Å²) in [7, 11) is -1.38. The first-order chi connectivity index (χ1) is 8.55. The minimum Gasteiger partial charge on any atom is -0.219 e. The van der Waals surface area contributed by atoms with E-state index < -0.39 is 8.07 Å². The number of rotatable bonds is 2. The second-order valence-corrected chi connectivity index (χ2v) is 11.3. The van der Waals surface area contributed by atoms with Gasteiger partial charge in [0.25, 0.3) is 0 Å². The van der Waals surface area contributed by atoms with Crippen LogP contribution in [0.3, 0.4) is 0 Å². The van der Waals surface area contributed by atoms with Gasteiger partial charge in [-0.2, -0.15) is 0 Å². The molecule has 0 saturated carbocycles. The maximum absolute atomic E-state index is 4.33. The van der Waals surface area contributed by atoms with Crippen LogP contribution in [0.15, 0.2) is 35.8 Å². The predicted molar refractivity (Wildman–Crippen MR) is 79.7 cm³/mol. The number of thiophene rings is 1. The molecule has 2 aromatic heterocycles. The van der Waals surface area contributed by atoms with Gasteiger partial charge in [-0.25, -0.2) is 4.68 Å². The van der Waals surface area contributed by atoms with Gasteiger partial charge < -0.3 is 0 Å². The van der Waals surface area contributed by atoms with E-state index in [-0.39, 0.29) is 0 Å². The molecular formula is C13H15N3SSi. The van der Waals surface area contributed by atoms with Crippen molar-refractivity contribution in [1.82, 2.24) is 15.0 Å². The van der Waals surface area contributed by atoms with Crippen LogP contribution >= 0.6 is 11.3 Å². The molecule has 0 radical (unpaired) electrons. The van der Waals surface area contributed by atoms with E-state index in [4.69, 9.17) is 0 Å². The number of benzene rings is 1. The predicted octanol–water partition coefficient (Wildman–Crippen LogP) is 3.03. The summed E-state index contributed by atoms with van der Waals surface area (Å²) in [6.07, 6.45) is 2.08. The van der Waals surface area contributed by atoms with Crippen LogP contribution in [0, 0.1) is 0 Å². The second kappa shape index (κ2) is 4.03. The lowest BCUT2D eigenvalue weighted by molar-refractivity contribution is 0.811. The molecule has 3 aromatic rings. The van der Waals surface area contributed by atoms with E-state index in [0.29, 0.717) is 0 Å². The van der Waals surface area contributed by atoms with Crippen LogP contribution in [0.1, 0.15) is 0 Å². The highest BCUT2D eigenvalue weighted by atomic mass is 32.1. The molecule has 0 atom stereocenters. The summed E-state index contributed by atoms with van der Waals surface area (Å²) in [5.74, 6) is 0. The Hall–Kier alpha value is -1.46. The van der Waals surface area contributed by atoms with Crippen LogP contribution < -0.4 is 5.32 Å². The number of fused-ring (bicyclic) bond motifs is 1. The summed E-state index contributed by atoms with van der Waals surface area (Å²) >= 11 is 1.75. The molecule has 0 amide bonds. The van der Waals surface area contributed by atoms with Crippen LogP contribution in [-0.2, 0) is 0 Å². The van der Waals surface area contributed by atoms with Crippen molar-refractivity contribution in [3.63, 3.8) is 0 Å². The maximum Gasteiger partial charge on any atom is 0.106 e. The molecule has 0 aliphatic carbocycles. The van der Waals surface area contributed by atoms with Crippen LogP contribution in [0.4, 0.5) is 0 Å². The van der Waals surface area contributed by atoms with Crippen molar-refractivity contribution in [2.75, 3.05) is 0 Å². The Morgan fingerprint density at radius 3 is 2.67 bits per heavy atom. The number of nitrogens with zero attached hydrogens (tertiary/aromatic N) is 3. The fourth-order valence-corrected chi connectivity index (χ4v) is 3.65. The Bertz CT molecular complexity index is 693. The molecule has 5 heteroatoms. The van der Waals surface area contributed by atoms with Crippen LogP contribution in [0.2, 0.25) is 19.6 Å². The number of aromatic nitrogens is 3. The fourth-order valence-electron chi connectivity index (χ4n) is 1.87. The monoisotopic (exact) mass is 273 g/mol. The highest BCUT2D eigenvalue weighted by Gasteiger charge is 2.21. The summed E-state index contributed by atoms with van der Waals surface area (Å²) in [5, 5.41) is 13.2. The molecule has 0 aliphatic rings. The molecule has 3 nitrogen and oxygen atoms in total. The van der Waals surface area contributed by atoms with Crippen molar-refractivity contribution in [2.45, 2.75) is 19.6 Å². The largest absolute Gasteiger partial charge is 0.219 e. The molecule has 0 N–H and O–H groups in total. The third-order valence-electron chi connectivity index (χ3n) is 2.97. The Morgan fingerprint density at radius 1 is 1.17 bits per heavy atom. The average molecular weight is 273 g/mol. The zero-order valence-electron chi connectivity index (χ0n) is 10.7. The fraction of sp³-hybridized carbons (Fsp3) is 0.231. The minimum absolute atomic E-state index is 1.13. The topological polar surface area (TPSA) is 30.7 Å². The smallest absolute Gasteiger partial charge is 0.106 e. The molecule has 0 fully saturated rings. The van der Waals surface area contributed by atoms with E-state index in [9.17, 15) is 0 Å². The molecule has 0 aliphatic heterocycles. The van der Waals surface area contributed by atoms with Crippen molar-refractivity contribution in [3.8, 4) is 5.69 Å². The zero-order chi connectivity index (χ0) is 12.8. The molecule has 0 spiro atoms. The minimum atomic E-state index is -1.38. The third-order valence-corrected chi connectivity index (χ3v) is 5.69. The molecule has 92 valence electrons. The van der Waals surface area contributed by atoms with Gasteiger partial charge >= 0.3 is 0 Å². The summed E-state index contributed by atoms with van der Waals surface area (Å²) in [5.41, 5.74) is 1.13. The van der Waals surface area contributed by atoms with Crippen molar-refractivity contribution >= 4 is 34.8 Å². The van der Waals surface area contributed by atoms with Gasteiger partial charge in [-0.15, -0.1) is 16.4 Å². The van der Waals surface area contributed by atoms with Gasteiger partial charge in [0.15, 0.2) is 0 Å². The quantitative estimate of drug-likeness (QED) is 0.672. The van der Waals surface area contributed by atoms with Gasteiger partial charge in [0.05, 0.1) is 11.0 Å². The SMILES string of the molecule is C[Si](C)(C)c1cn(-c2csc3ccccc23)nn1. The van der Waals surface area contributed by atoms with Crippen molar-refractivity contribution < 1.29 is 0 Å². The van der Waals surface area contributed by atoms with Gasteiger partial charge in [0.1, 0.15) is 8.07 Å². The normalized spacial score (nSPS) is 12.2. The summed E-state index contributed by atoms with van der Waals surface area (Å²) in [4.78, 5) is 0. The molecule has 18 heavy (non-hydrogen) atoms. The van der Waals surface area contributed by atoms with E-state index in [0.717, 1.165) is 11.0 Å². The molecular weight excluding hydrogens is 258 g/mol. The van der Waals surface area contributed by atoms with Gasteiger partial charge in [-0.3, -0.25) is 0 Å². The average Bonchev–Trinajstić information content (AvgIpc) is 2.94. The lowest BCUT2D eigenvalue weighted by Gasteiger charge is -2.09. The maximum atomic E-state index is 4.33. The molecule has 2 heterocycles. The molecule has 0 bridgehead atoms. The Kier molecular flexibility index (Phi) is 2.60. The van der Waals surface area contributed by atoms with Crippen LogP contribution in [0.25, 0.3) is 15.8 Å². The first-order valence-corrected chi connectivity index (χ1v) is 10.3. The van der Waals surface area contributed by atoms with Crippen LogP contribution in [0.5, 0.6) is 0 Å². The summed E-state index contributed by atoms with van der Waals surface area (Å²) < 4.78 is 3.20. The molecule has 3 rings (SSSR count). The third kappa shape index (κ3) is 1.89. The highest BCUT2D eigenvalue weighted by Crippen LogP contribution is 2.27. The van der Waals surface area contributed by atoms with E-state index in [1.54, 1.807) is 11.3 Å². The zero-order valence-corrected chi connectivity index (χ0v) is 12.5. The Labute approximate surface area is 111 Å². The molecule has 0 unspecified atom stereocenters. The highest BCUT2D eigenvalue weighted by molar-refractivity contribution is 7.17. The number of hydrogen-bond donors (Lipinski definition) is 0. The van der Waals surface area contributed by atoms with Crippen molar-refractivity contribution in [1.29, 1.82) is 0 Å². The van der Waals surface area contributed by atoms with Crippen molar-refractivity contribution in [3.05, 3.63) is 35.8 Å². The van der Waals surface area contributed by atoms with E-state index in [2.05, 4.69) is 65.8 Å². The van der Waals surface area contributed by atoms with Crippen molar-refractivity contribution in [2.24, 2.45) is 0 Å². The van der Waals surface area contributed by atoms with Gasteiger partial charge in [-0.1, -0.05) is 43.1 Å². The molecule has 0 saturated heterocycles. The molecule has 1 aromatic carbocycles. The second-order valence-electron chi connectivity index (χ2n) is 5.42. The van der Waals surface area contributed by atoms with E-state index in [1.165, 1.54) is 10.1 Å². The summed E-state index contributed by atoms with van der Waals surface area (Å²) in [6, 6.07) is 8.41. The van der Waals surface area contributed by atoms with Gasteiger partial charge in [0.2, 0.25) is 0 Å². The summed E-state index contributed by atoms with van der Waals surface area (Å²) in [6.45, 7) is 6.85. The van der Waals surface area contributed by atoms with Gasteiger partial charge in [0, 0.05) is 21.7 Å². The van der Waals surface area contributed by atoms with E-state index in [1.807, 2.05) is 4.68 Å². The Balaban J connectivity index is 2.13. The van der Waals surface area contributed by atoms with Crippen LogP contribution in [-0.4, -0.2) is 23.1 Å².